The zero-order chi connectivity index (χ0) is 33.0. The van der Waals surface area contributed by atoms with Crippen LogP contribution >= 0.6 is 0 Å². The maximum absolute atomic E-state index is 5.18. The number of hydrogen-bond acceptors (Lipinski definition) is 4. The second-order valence-corrected chi connectivity index (χ2v) is 12.3. The van der Waals surface area contributed by atoms with Crippen LogP contribution in [-0.2, 0) is 0 Å². The van der Waals surface area contributed by atoms with Gasteiger partial charge in [0.05, 0.1) is 28.3 Å². The predicted molar refractivity (Wildman–Crippen MR) is 203 cm³/mol. The van der Waals surface area contributed by atoms with E-state index in [9.17, 15) is 0 Å². The van der Waals surface area contributed by atoms with Gasteiger partial charge in [-0.1, -0.05) is 133 Å². The predicted octanol–water partition coefficient (Wildman–Crippen LogP) is 10.5. The smallest absolute Gasteiger partial charge is 0.238 e. The Labute approximate surface area is 287 Å². The van der Waals surface area contributed by atoms with E-state index in [1.807, 2.05) is 79.1 Å². The van der Waals surface area contributed by atoms with Gasteiger partial charge in [-0.05, 0) is 24.3 Å². The molecule has 0 bridgehead atoms. The standard InChI is InChI=1S/C44H28N6/c1-4-15-29(16-5-1)42-46-43(30-17-6-2-7-18-30)48-44(47-42)50-37-25-12-10-21-32(37)33-23-14-24-34(41(33)50)36-27-45-28-39-40(36)35-22-11-13-26-38(35)49(39)31-19-8-3-9-20-31/h1-28H. The minimum Gasteiger partial charge on any atom is -0.308 e. The van der Waals surface area contributed by atoms with E-state index in [-0.39, 0.29) is 0 Å². The van der Waals surface area contributed by atoms with Crippen LogP contribution in [0.5, 0.6) is 0 Å². The van der Waals surface area contributed by atoms with E-state index >= 15 is 0 Å². The first-order chi connectivity index (χ1) is 24.8. The third-order valence-corrected chi connectivity index (χ3v) is 9.47. The second-order valence-electron chi connectivity index (χ2n) is 12.3. The van der Waals surface area contributed by atoms with Crippen LogP contribution in [0.15, 0.2) is 170 Å². The van der Waals surface area contributed by atoms with Gasteiger partial charge in [-0.2, -0.15) is 9.97 Å². The maximum atomic E-state index is 5.18. The molecule has 6 nitrogen and oxygen atoms in total. The van der Waals surface area contributed by atoms with E-state index in [1.165, 1.54) is 5.39 Å². The number of benzene rings is 6. The van der Waals surface area contributed by atoms with Crippen molar-refractivity contribution in [1.29, 1.82) is 0 Å². The Morgan fingerprint density at radius 1 is 0.380 bits per heavy atom. The minimum absolute atomic E-state index is 0.559. The average Bonchev–Trinajstić information content (AvgIpc) is 3.72. The van der Waals surface area contributed by atoms with E-state index in [1.54, 1.807) is 0 Å². The summed E-state index contributed by atoms with van der Waals surface area (Å²) in [5.41, 5.74) is 9.26. The molecule has 10 aromatic rings. The number of hydrogen-bond donors (Lipinski definition) is 0. The SMILES string of the molecule is c1ccc(-c2nc(-c3ccccc3)nc(-n3c4ccccc4c4cccc(-c5cncc6c5c5ccccc5n6-c5ccccc5)c43)n2)cc1. The molecule has 0 fully saturated rings. The molecule has 0 radical (unpaired) electrons. The van der Waals surface area contributed by atoms with Crippen molar-refractivity contribution in [2.24, 2.45) is 0 Å². The molecule has 0 atom stereocenters. The lowest BCUT2D eigenvalue weighted by Gasteiger charge is -2.13. The number of aromatic nitrogens is 6. The van der Waals surface area contributed by atoms with Gasteiger partial charge in [-0.15, -0.1) is 0 Å². The topological polar surface area (TPSA) is 61.4 Å². The Morgan fingerprint density at radius 3 is 1.62 bits per heavy atom. The molecule has 6 aromatic carbocycles. The molecule has 0 N–H and O–H groups in total. The summed E-state index contributed by atoms with van der Waals surface area (Å²) in [6.07, 6.45) is 3.98. The molecule has 4 heterocycles. The van der Waals surface area contributed by atoms with Crippen LogP contribution < -0.4 is 0 Å². The lowest BCUT2D eigenvalue weighted by Crippen LogP contribution is -2.07. The number of rotatable bonds is 5. The molecule has 0 saturated carbocycles. The number of pyridine rings is 1. The fourth-order valence-electron chi connectivity index (χ4n) is 7.31. The molecule has 0 amide bonds. The van der Waals surface area contributed by atoms with Crippen molar-refractivity contribution in [3.8, 4) is 45.5 Å². The molecule has 50 heavy (non-hydrogen) atoms. The monoisotopic (exact) mass is 640 g/mol. The molecule has 0 aliphatic heterocycles. The highest BCUT2D eigenvalue weighted by Crippen LogP contribution is 2.43. The van der Waals surface area contributed by atoms with Crippen molar-refractivity contribution >= 4 is 43.6 Å². The van der Waals surface area contributed by atoms with Gasteiger partial charge in [0.25, 0.3) is 0 Å². The number of nitrogens with zero attached hydrogens (tertiary/aromatic N) is 6. The summed E-state index contributed by atoms with van der Waals surface area (Å²) in [6.45, 7) is 0. The summed E-state index contributed by atoms with van der Waals surface area (Å²) in [5.74, 6) is 1.79. The van der Waals surface area contributed by atoms with Gasteiger partial charge in [-0.3, -0.25) is 9.55 Å². The summed E-state index contributed by atoms with van der Waals surface area (Å²) < 4.78 is 4.51. The first-order valence-electron chi connectivity index (χ1n) is 16.7. The normalized spacial score (nSPS) is 11.6. The van der Waals surface area contributed by atoms with Crippen LogP contribution in [0.3, 0.4) is 0 Å². The molecular formula is C44H28N6. The Balaban J connectivity index is 1.32. The fourth-order valence-corrected chi connectivity index (χ4v) is 7.31. The molecule has 0 unspecified atom stereocenters. The van der Waals surface area contributed by atoms with Crippen LogP contribution in [0.1, 0.15) is 0 Å². The van der Waals surface area contributed by atoms with E-state index in [2.05, 4.69) is 100 Å². The van der Waals surface area contributed by atoms with Crippen molar-refractivity contribution in [1.82, 2.24) is 29.1 Å². The van der Waals surface area contributed by atoms with Gasteiger partial charge in [0, 0.05) is 55.7 Å². The molecular weight excluding hydrogens is 613 g/mol. The zero-order valence-electron chi connectivity index (χ0n) is 26.8. The van der Waals surface area contributed by atoms with Crippen molar-refractivity contribution in [3.05, 3.63) is 170 Å². The fraction of sp³-hybridized carbons (Fsp3) is 0. The van der Waals surface area contributed by atoms with Gasteiger partial charge in [0.1, 0.15) is 0 Å². The molecule has 0 aliphatic carbocycles. The van der Waals surface area contributed by atoms with E-state index in [0.717, 1.165) is 66.2 Å². The van der Waals surface area contributed by atoms with Crippen LogP contribution in [0.25, 0.3) is 89.2 Å². The van der Waals surface area contributed by atoms with Crippen LogP contribution in [0.4, 0.5) is 0 Å². The van der Waals surface area contributed by atoms with Gasteiger partial charge < -0.3 is 4.57 Å². The van der Waals surface area contributed by atoms with Crippen LogP contribution in [0.2, 0.25) is 0 Å². The highest BCUT2D eigenvalue weighted by atomic mass is 15.2. The van der Waals surface area contributed by atoms with Crippen molar-refractivity contribution in [2.75, 3.05) is 0 Å². The molecule has 4 aromatic heterocycles. The zero-order valence-corrected chi connectivity index (χ0v) is 26.8. The lowest BCUT2D eigenvalue weighted by molar-refractivity contribution is 0.954. The third kappa shape index (κ3) is 4.36. The van der Waals surface area contributed by atoms with Crippen molar-refractivity contribution in [3.63, 3.8) is 0 Å². The molecule has 6 heteroatoms. The lowest BCUT2D eigenvalue weighted by atomic mass is 9.99. The summed E-state index contributed by atoms with van der Waals surface area (Å²) in [4.78, 5) is 20.2. The Bertz CT molecular complexity index is 2800. The summed E-state index contributed by atoms with van der Waals surface area (Å²) in [6, 6.07) is 54.3. The first-order valence-corrected chi connectivity index (χ1v) is 16.7. The third-order valence-electron chi connectivity index (χ3n) is 9.47. The van der Waals surface area contributed by atoms with Gasteiger partial charge in [0.15, 0.2) is 11.6 Å². The molecule has 0 spiro atoms. The molecule has 0 saturated heterocycles. The quantitative estimate of drug-likeness (QED) is 0.188. The average molecular weight is 641 g/mol. The highest BCUT2D eigenvalue weighted by molar-refractivity contribution is 6.20. The Kier molecular flexibility index (Phi) is 6.39. The van der Waals surface area contributed by atoms with Gasteiger partial charge in [0.2, 0.25) is 5.95 Å². The molecule has 10 rings (SSSR count). The number of fused-ring (bicyclic) bond motifs is 6. The van der Waals surface area contributed by atoms with Crippen molar-refractivity contribution < 1.29 is 0 Å². The minimum atomic E-state index is 0.559. The van der Waals surface area contributed by atoms with Crippen LogP contribution in [0, 0.1) is 0 Å². The van der Waals surface area contributed by atoms with Crippen LogP contribution in [-0.4, -0.2) is 29.1 Å². The molecule has 0 aliphatic rings. The van der Waals surface area contributed by atoms with E-state index < -0.39 is 0 Å². The van der Waals surface area contributed by atoms with E-state index in [0.29, 0.717) is 17.6 Å². The summed E-state index contributed by atoms with van der Waals surface area (Å²) >= 11 is 0. The van der Waals surface area contributed by atoms with Gasteiger partial charge >= 0.3 is 0 Å². The summed E-state index contributed by atoms with van der Waals surface area (Å²) in [7, 11) is 0. The summed E-state index contributed by atoms with van der Waals surface area (Å²) in [5, 5.41) is 4.56. The van der Waals surface area contributed by atoms with Crippen molar-refractivity contribution in [2.45, 2.75) is 0 Å². The second kappa shape index (κ2) is 11.4. The highest BCUT2D eigenvalue weighted by Gasteiger charge is 2.23. The first kappa shape index (κ1) is 28.1. The Hall–Kier alpha value is -6.92. The maximum Gasteiger partial charge on any atom is 0.238 e. The Morgan fingerprint density at radius 2 is 0.940 bits per heavy atom. The largest absolute Gasteiger partial charge is 0.308 e. The molecule has 234 valence electrons. The van der Waals surface area contributed by atoms with E-state index in [4.69, 9.17) is 19.9 Å². The van der Waals surface area contributed by atoms with Gasteiger partial charge in [-0.25, -0.2) is 4.98 Å². The number of para-hydroxylation sites is 4.